The van der Waals surface area contributed by atoms with Gasteiger partial charge in [0.2, 0.25) is 0 Å². The highest BCUT2D eigenvalue weighted by Crippen LogP contribution is 2.31. The molecule has 0 aromatic carbocycles. The quantitative estimate of drug-likeness (QED) is 0.636. The average molecular weight is 391 g/mol. The predicted octanol–water partition coefficient (Wildman–Crippen LogP) is 1.50. The van der Waals surface area contributed by atoms with Crippen molar-refractivity contribution in [3.8, 4) is 0 Å². The van der Waals surface area contributed by atoms with Crippen LogP contribution in [0.25, 0.3) is 0 Å². The van der Waals surface area contributed by atoms with Crippen LogP contribution in [0.3, 0.4) is 0 Å². The molecule has 2 aromatic rings. The second kappa shape index (κ2) is 6.61. The van der Waals surface area contributed by atoms with E-state index in [1.807, 2.05) is 11.4 Å². The van der Waals surface area contributed by atoms with E-state index in [-0.39, 0.29) is 18.8 Å². The number of carbonyl (C=O) groups is 3. The van der Waals surface area contributed by atoms with Crippen molar-refractivity contribution in [2.45, 2.75) is 32.4 Å². The number of rotatable bonds is 4. The molecule has 8 heteroatoms. The van der Waals surface area contributed by atoms with Gasteiger partial charge in [0, 0.05) is 22.9 Å². The molecule has 0 bridgehead atoms. The van der Waals surface area contributed by atoms with Crippen molar-refractivity contribution in [2.75, 3.05) is 13.2 Å². The summed E-state index contributed by atoms with van der Waals surface area (Å²) in [4.78, 5) is 43.1. The van der Waals surface area contributed by atoms with Crippen LogP contribution in [0.1, 0.15) is 35.2 Å². The summed E-state index contributed by atoms with van der Waals surface area (Å²) in [5.41, 5.74) is 1.27. The van der Waals surface area contributed by atoms with Gasteiger partial charge in [-0.25, -0.2) is 9.69 Å². The van der Waals surface area contributed by atoms with E-state index < -0.39 is 17.8 Å². The first-order valence-corrected chi connectivity index (χ1v) is 10.4. The number of thiophene rings is 2. The zero-order valence-corrected chi connectivity index (χ0v) is 16.2. The summed E-state index contributed by atoms with van der Waals surface area (Å²) in [6, 6.07) is 5.53. The van der Waals surface area contributed by atoms with Crippen molar-refractivity contribution >= 4 is 40.5 Å². The average Bonchev–Trinajstić information content (AvgIpc) is 3.32. The second-order valence-electron chi connectivity index (χ2n) is 6.85. The van der Waals surface area contributed by atoms with Crippen LogP contribution in [-0.2, 0) is 16.0 Å². The van der Waals surface area contributed by atoms with E-state index in [0.717, 1.165) is 27.7 Å². The number of amides is 4. The Hall–Kier alpha value is -2.03. The number of quaternary nitrogens is 1. The molecule has 4 amide bonds. The van der Waals surface area contributed by atoms with Crippen LogP contribution in [-0.4, -0.2) is 46.9 Å². The summed E-state index contributed by atoms with van der Waals surface area (Å²) >= 11 is 3.44. The van der Waals surface area contributed by atoms with Crippen LogP contribution in [0.2, 0.25) is 0 Å². The first-order chi connectivity index (χ1) is 12.5. The minimum Gasteiger partial charge on any atom is -0.306 e. The molecule has 1 N–H and O–H groups in total. The predicted molar refractivity (Wildman–Crippen MR) is 99.1 cm³/mol. The Morgan fingerprint density at radius 2 is 1.96 bits per heavy atom. The Labute approximate surface area is 159 Å². The fourth-order valence-electron chi connectivity index (χ4n) is 3.75. The third-order valence-electron chi connectivity index (χ3n) is 4.96. The molecule has 2 aliphatic rings. The van der Waals surface area contributed by atoms with E-state index in [4.69, 9.17) is 0 Å². The van der Waals surface area contributed by atoms with Crippen LogP contribution in [0.15, 0.2) is 29.0 Å². The molecule has 0 spiro atoms. The summed E-state index contributed by atoms with van der Waals surface area (Å²) in [7, 11) is 0. The Bertz CT molecular complexity index is 859. The van der Waals surface area contributed by atoms with Crippen LogP contribution < -0.4 is 4.90 Å². The smallest absolute Gasteiger partial charge is 0.306 e. The van der Waals surface area contributed by atoms with E-state index in [9.17, 15) is 14.4 Å². The fourth-order valence-corrected chi connectivity index (χ4v) is 5.57. The molecule has 0 aliphatic carbocycles. The van der Waals surface area contributed by atoms with Crippen LogP contribution in [0.4, 0.5) is 4.79 Å². The molecule has 1 fully saturated rings. The van der Waals surface area contributed by atoms with Gasteiger partial charge in [0.25, 0.3) is 0 Å². The van der Waals surface area contributed by atoms with Gasteiger partial charge in [-0.15, -0.1) is 22.7 Å². The first-order valence-electron chi connectivity index (χ1n) is 8.62. The van der Waals surface area contributed by atoms with Gasteiger partial charge < -0.3 is 4.90 Å². The number of hydrogen-bond acceptors (Lipinski definition) is 5. The lowest BCUT2D eigenvalue weighted by molar-refractivity contribution is -0.934. The second-order valence-corrected chi connectivity index (χ2v) is 8.83. The first kappa shape index (κ1) is 17.4. The molecule has 26 heavy (non-hydrogen) atoms. The van der Waals surface area contributed by atoms with E-state index in [1.54, 1.807) is 36.5 Å². The molecule has 2 atom stereocenters. The number of imide groups is 2. The minimum absolute atomic E-state index is 0.0915. The number of urea groups is 1. The summed E-state index contributed by atoms with van der Waals surface area (Å²) in [5.74, 6) is -1.43. The maximum Gasteiger partial charge on any atom is 0.338 e. The van der Waals surface area contributed by atoms with Crippen molar-refractivity contribution in [2.24, 2.45) is 0 Å². The van der Waals surface area contributed by atoms with Crippen LogP contribution in [0.5, 0.6) is 0 Å². The lowest BCUT2D eigenvalue weighted by Crippen LogP contribution is -3.15. The molecule has 1 saturated heterocycles. The van der Waals surface area contributed by atoms with Crippen molar-refractivity contribution in [1.29, 1.82) is 0 Å². The Balaban J connectivity index is 1.64. The van der Waals surface area contributed by atoms with Crippen LogP contribution in [0, 0.1) is 0 Å². The zero-order valence-electron chi connectivity index (χ0n) is 14.6. The van der Waals surface area contributed by atoms with Crippen molar-refractivity contribution in [3.63, 3.8) is 0 Å². The van der Waals surface area contributed by atoms with Gasteiger partial charge in [-0.1, -0.05) is 6.07 Å². The summed E-state index contributed by atoms with van der Waals surface area (Å²) in [6.45, 7) is 4.52. The molecule has 0 saturated carbocycles. The number of nitrogens with one attached hydrogen (secondary N) is 1. The lowest BCUT2D eigenvalue weighted by Gasteiger charge is -2.33. The molecule has 4 rings (SSSR count). The molecule has 6 nitrogen and oxygen atoms in total. The maximum atomic E-state index is 12.6. The maximum absolute atomic E-state index is 12.6. The lowest BCUT2D eigenvalue weighted by atomic mass is 9.99. The molecule has 1 unspecified atom stereocenters. The highest BCUT2D eigenvalue weighted by Gasteiger charge is 2.48. The fraction of sp³-hybridized carbons (Fsp3) is 0.389. The van der Waals surface area contributed by atoms with Crippen molar-refractivity contribution in [1.82, 2.24) is 9.80 Å². The summed E-state index contributed by atoms with van der Waals surface area (Å²) in [5, 5.41) is 4.15. The van der Waals surface area contributed by atoms with E-state index in [1.165, 1.54) is 15.3 Å². The summed E-state index contributed by atoms with van der Waals surface area (Å²) in [6.07, 6.45) is 0.919. The molecule has 0 radical (unpaired) electrons. The number of carbonyl (C=O) groups excluding carboxylic acids is 3. The third kappa shape index (κ3) is 2.69. The Morgan fingerprint density at radius 3 is 2.62 bits per heavy atom. The largest absolute Gasteiger partial charge is 0.338 e. The zero-order chi connectivity index (χ0) is 18.4. The summed E-state index contributed by atoms with van der Waals surface area (Å²) < 4.78 is 0. The highest BCUT2D eigenvalue weighted by molar-refractivity contribution is 7.10. The monoisotopic (exact) mass is 390 g/mol. The molecule has 136 valence electrons. The standard InChI is InChI=1S/C18H19N3O3S2/c1-11(2)21-17(23)16(22)20(18(21)24)10-19-7-5-13-12(6-9-26-13)15(19)14-4-3-8-25-14/h3-4,6,8-9,11,15H,5,7,10H2,1-2H3/p+1/t15-/m0/s1. The molecule has 2 aliphatic heterocycles. The molecule has 2 aromatic heterocycles. The van der Waals surface area contributed by atoms with Gasteiger partial charge in [0.15, 0.2) is 12.7 Å². The molecular weight excluding hydrogens is 370 g/mol. The highest BCUT2D eigenvalue weighted by atomic mass is 32.1. The number of fused-ring (bicyclic) bond motifs is 1. The van der Waals surface area contributed by atoms with Crippen LogP contribution >= 0.6 is 22.7 Å². The number of nitrogens with zero attached hydrogens (tertiary/aromatic N) is 2. The Kier molecular flexibility index (Phi) is 4.42. The van der Waals surface area contributed by atoms with Gasteiger partial charge >= 0.3 is 17.8 Å². The van der Waals surface area contributed by atoms with Gasteiger partial charge in [0.05, 0.1) is 11.4 Å². The van der Waals surface area contributed by atoms with Crippen molar-refractivity contribution < 1.29 is 19.3 Å². The third-order valence-corrected chi connectivity index (χ3v) is 6.90. The normalized spacial score (nSPS) is 23.3. The minimum atomic E-state index is -0.717. The van der Waals surface area contributed by atoms with E-state index in [0.29, 0.717) is 0 Å². The van der Waals surface area contributed by atoms with E-state index in [2.05, 4.69) is 17.5 Å². The topological polar surface area (TPSA) is 62.1 Å². The van der Waals surface area contributed by atoms with Crippen molar-refractivity contribution in [3.05, 3.63) is 44.3 Å². The SMILES string of the molecule is CC(C)N1C(=O)C(=O)N(C[NH+]2CCc3sccc3[C@H]2c2cccs2)C1=O. The number of hydrogen-bond donors (Lipinski definition) is 1. The van der Waals surface area contributed by atoms with Gasteiger partial charge in [-0.2, -0.15) is 0 Å². The molecule has 4 heterocycles. The Morgan fingerprint density at radius 1 is 1.15 bits per heavy atom. The molecular formula is C18H20N3O3S2+. The van der Waals surface area contributed by atoms with Gasteiger partial charge in [-0.3, -0.25) is 14.5 Å². The van der Waals surface area contributed by atoms with Gasteiger partial charge in [-0.05, 0) is 36.7 Å². The van der Waals surface area contributed by atoms with Gasteiger partial charge in [0.1, 0.15) is 0 Å². The van der Waals surface area contributed by atoms with E-state index >= 15 is 0 Å².